The minimum absolute atomic E-state index is 0.0451. The molecule has 0 radical (unpaired) electrons. The second-order valence-electron chi connectivity index (χ2n) is 5.18. The minimum Gasteiger partial charge on any atom is -0.374 e. The quantitative estimate of drug-likeness (QED) is 0.654. The van der Waals surface area contributed by atoms with Crippen LogP contribution in [0.3, 0.4) is 0 Å². The van der Waals surface area contributed by atoms with Crippen molar-refractivity contribution in [3.8, 4) is 0 Å². The van der Waals surface area contributed by atoms with Gasteiger partial charge in [0, 0.05) is 11.6 Å². The number of amides is 4. The van der Waals surface area contributed by atoms with E-state index in [2.05, 4.69) is 10.6 Å². The Morgan fingerprint density at radius 2 is 2.00 bits per heavy atom. The zero-order valence-electron chi connectivity index (χ0n) is 12.0. The maximum absolute atomic E-state index is 13.7. The molecule has 1 aliphatic carbocycles. The van der Waals surface area contributed by atoms with Gasteiger partial charge in [0.25, 0.3) is 0 Å². The van der Waals surface area contributed by atoms with E-state index in [1.807, 2.05) is 5.32 Å². The molecule has 1 fully saturated rings. The molecule has 1 aromatic carbocycles. The predicted molar refractivity (Wildman–Crippen MR) is 78.6 cm³/mol. The van der Waals surface area contributed by atoms with E-state index >= 15 is 0 Å². The number of anilines is 2. The smallest absolute Gasteiger partial charge is 0.318 e. The van der Waals surface area contributed by atoms with Crippen molar-refractivity contribution in [3.05, 3.63) is 24.0 Å². The first-order valence-electron chi connectivity index (χ1n) is 6.84. The Bertz CT molecular complexity index is 616. The Kier molecular flexibility index (Phi) is 4.59. The van der Waals surface area contributed by atoms with Gasteiger partial charge in [-0.05, 0) is 38.0 Å². The van der Waals surface area contributed by atoms with Gasteiger partial charge < -0.3 is 16.4 Å². The summed E-state index contributed by atoms with van der Waals surface area (Å²) in [4.78, 5) is 33.9. The predicted octanol–water partition coefficient (Wildman–Crippen LogP) is 1.17. The molecule has 22 heavy (non-hydrogen) atoms. The van der Waals surface area contributed by atoms with Crippen LogP contribution in [0, 0.1) is 11.7 Å². The van der Waals surface area contributed by atoms with Crippen LogP contribution in [0.5, 0.6) is 0 Å². The number of urea groups is 1. The second kappa shape index (κ2) is 6.42. The number of imide groups is 1. The van der Waals surface area contributed by atoms with Crippen molar-refractivity contribution in [1.82, 2.24) is 5.32 Å². The molecule has 0 spiro atoms. The highest BCUT2D eigenvalue weighted by atomic mass is 19.1. The van der Waals surface area contributed by atoms with Crippen molar-refractivity contribution in [2.75, 3.05) is 10.6 Å². The van der Waals surface area contributed by atoms with Crippen molar-refractivity contribution in [2.24, 2.45) is 11.7 Å². The summed E-state index contributed by atoms with van der Waals surface area (Å²) in [6.07, 6.45) is 1.63. The molecular formula is C14H17FN4O3. The van der Waals surface area contributed by atoms with Crippen molar-refractivity contribution in [3.63, 3.8) is 0 Å². The molecule has 1 aliphatic rings. The van der Waals surface area contributed by atoms with E-state index in [9.17, 15) is 18.8 Å². The van der Waals surface area contributed by atoms with Crippen LogP contribution in [0.2, 0.25) is 0 Å². The number of carbonyl (C=O) groups excluding carboxylic acids is 3. The van der Waals surface area contributed by atoms with E-state index in [1.165, 1.54) is 25.1 Å². The average Bonchev–Trinajstić information content (AvgIpc) is 3.26. The lowest BCUT2D eigenvalue weighted by molar-refractivity contribution is -0.120. The van der Waals surface area contributed by atoms with Gasteiger partial charge in [0.05, 0.1) is 5.69 Å². The van der Waals surface area contributed by atoms with Gasteiger partial charge in [-0.15, -0.1) is 0 Å². The van der Waals surface area contributed by atoms with Crippen LogP contribution in [0.1, 0.15) is 19.8 Å². The lowest BCUT2D eigenvalue weighted by Gasteiger charge is -2.15. The highest BCUT2D eigenvalue weighted by Gasteiger charge is 2.30. The number of hydrogen-bond acceptors (Lipinski definition) is 4. The normalized spacial score (nSPS) is 14.8. The molecule has 0 heterocycles. The van der Waals surface area contributed by atoms with Crippen molar-refractivity contribution < 1.29 is 18.8 Å². The Labute approximate surface area is 126 Å². The number of primary amides is 1. The fourth-order valence-electron chi connectivity index (χ4n) is 1.84. The largest absolute Gasteiger partial charge is 0.374 e. The van der Waals surface area contributed by atoms with Gasteiger partial charge in [0.15, 0.2) is 0 Å². The van der Waals surface area contributed by atoms with Gasteiger partial charge in [-0.2, -0.15) is 0 Å². The maximum atomic E-state index is 13.7. The summed E-state index contributed by atoms with van der Waals surface area (Å²) in [6, 6.07) is 2.30. The summed E-state index contributed by atoms with van der Waals surface area (Å²) in [5.74, 6) is -1.43. The zero-order chi connectivity index (χ0) is 16.3. The lowest BCUT2D eigenvalue weighted by atomic mass is 10.2. The second-order valence-corrected chi connectivity index (χ2v) is 5.18. The van der Waals surface area contributed by atoms with Crippen LogP contribution in [0.25, 0.3) is 0 Å². The van der Waals surface area contributed by atoms with Crippen LogP contribution in [0.4, 0.5) is 20.6 Å². The van der Waals surface area contributed by atoms with Crippen LogP contribution in [-0.2, 0) is 9.59 Å². The Hall–Kier alpha value is -2.64. The van der Waals surface area contributed by atoms with Crippen LogP contribution in [0.15, 0.2) is 18.2 Å². The van der Waals surface area contributed by atoms with Gasteiger partial charge in [-0.25, -0.2) is 9.18 Å². The molecule has 0 aromatic heterocycles. The van der Waals surface area contributed by atoms with E-state index in [0.717, 1.165) is 12.8 Å². The number of halogens is 1. The fraction of sp³-hybridized carbons (Fsp3) is 0.357. The number of carbonyl (C=O) groups is 3. The molecule has 1 aromatic rings. The monoisotopic (exact) mass is 308 g/mol. The first kappa shape index (κ1) is 15.7. The molecular weight excluding hydrogens is 291 g/mol. The number of nitrogens with one attached hydrogen (secondary N) is 3. The molecule has 4 amide bonds. The van der Waals surface area contributed by atoms with Gasteiger partial charge in [0.1, 0.15) is 11.9 Å². The number of hydrogen-bond donors (Lipinski definition) is 4. The first-order valence-corrected chi connectivity index (χ1v) is 6.84. The molecule has 2 rings (SSSR count). The van der Waals surface area contributed by atoms with E-state index in [1.54, 1.807) is 0 Å². The summed E-state index contributed by atoms with van der Waals surface area (Å²) >= 11 is 0. The van der Waals surface area contributed by atoms with E-state index < -0.39 is 23.8 Å². The van der Waals surface area contributed by atoms with Gasteiger partial charge in [-0.3, -0.25) is 14.9 Å². The van der Waals surface area contributed by atoms with E-state index in [4.69, 9.17) is 5.73 Å². The SMILES string of the molecule is C[C@@H](Nc1ccc(F)c(NC(=O)C2CC2)c1)C(=O)NC(N)=O. The minimum atomic E-state index is -0.949. The molecule has 118 valence electrons. The van der Waals surface area contributed by atoms with Crippen LogP contribution < -0.4 is 21.7 Å². The molecule has 0 unspecified atom stereocenters. The Morgan fingerprint density at radius 3 is 2.59 bits per heavy atom. The third-order valence-electron chi connectivity index (χ3n) is 3.20. The maximum Gasteiger partial charge on any atom is 0.318 e. The molecule has 0 saturated heterocycles. The molecule has 5 N–H and O–H groups in total. The highest BCUT2D eigenvalue weighted by molar-refractivity contribution is 5.97. The number of rotatable bonds is 5. The third-order valence-corrected chi connectivity index (χ3v) is 3.20. The summed E-state index contributed by atoms with van der Waals surface area (Å²) in [5.41, 5.74) is 5.34. The molecule has 0 bridgehead atoms. The highest BCUT2D eigenvalue weighted by Crippen LogP contribution is 2.31. The Morgan fingerprint density at radius 1 is 1.32 bits per heavy atom. The van der Waals surface area contributed by atoms with Crippen molar-refractivity contribution >= 4 is 29.2 Å². The van der Waals surface area contributed by atoms with Gasteiger partial charge in [0.2, 0.25) is 11.8 Å². The summed E-state index contributed by atoms with van der Waals surface area (Å²) < 4.78 is 13.7. The fourth-order valence-corrected chi connectivity index (χ4v) is 1.84. The number of benzene rings is 1. The van der Waals surface area contributed by atoms with Crippen molar-refractivity contribution in [2.45, 2.75) is 25.8 Å². The standard InChI is InChI=1S/C14H17FN4O3/c1-7(12(20)19-14(16)22)17-9-4-5-10(15)11(6-9)18-13(21)8-2-3-8/h4-8,17H,2-3H2,1H3,(H,18,21)(H3,16,19,20,22)/t7-/m1/s1. The van der Waals surface area contributed by atoms with Crippen molar-refractivity contribution in [1.29, 1.82) is 0 Å². The van der Waals surface area contributed by atoms with E-state index in [-0.39, 0.29) is 17.5 Å². The van der Waals surface area contributed by atoms with Crippen LogP contribution in [-0.4, -0.2) is 23.9 Å². The first-order chi connectivity index (χ1) is 10.4. The molecule has 1 atom stereocenters. The third kappa shape index (κ3) is 4.18. The molecule has 7 nitrogen and oxygen atoms in total. The molecule has 1 saturated carbocycles. The zero-order valence-corrected chi connectivity index (χ0v) is 12.0. The van der Waals surface area contributed by atoms with Crippen LogP contribution >= 0.6 is 0 Å². The lowest BCUT2D eigenvalue weighted by Crippen LogP contribution is -2.43. The summed E-state index contributed by atoms with van der Waals surface area (Å²) in [6.45, 7) is 1.52. The van der Waals surface area contributed by atoms with E-state index in [0.29, 0.717) is 5.69 Å². The number of nitrogens with two attached hydrogens (primary N) is 1. The molecule has 0 aliphatic heterocycles. The molecule has 8 heteroatoms. The topological polar surface area (TPSA) is 113 Å². The van der Waals surface area contributed by atoms with Gasteiger partial charge in [-0.1, -0.05) is 0 Å². The Balaban J connectivity index is 2.03. The summed E-state index contributed by atoms with van der Waals surface area (Å²) in [5, 5.41) is 7.25. The van der Waals surface area contributed by atoms with Gasteiger partial charge >= 0.3 is 6.03 Å². The summed E-state index contributed by atoms with van der Waals surface area (Å²) in [7, 11) is 0. The average molecular weight is 308 g/mol.